The fourth-order valence-electron chi connectivity index (χ4n) is 3.74. The molecule has 4 nitrogen and oxygen atoms in total. The standard InChI is InChI=1S/C26H29FN2O2/c1-4-15-26(31,22-11-13-23(27)14-12-22)16-17-28-19(2)20-7-9-21(10-8-20)24-6-5-18-29(3)25(24)30/h4-14,18-19,28,31H,1,15-17H2,2-3H3/t19-,26+/m0/s1. The number of nitrogens with zero attached hydrogens (tertiary/aromatic N) is 1. The molecule has 0 fully saturated rings. The fourth-order valence-corrected chi connectivity index (χ4v) is 3.74. The topological polar surface area (TPSA) is 54.3 Å². The monoisotopic (exact) mass is 420 g/mol. The van der Waals surface area contributed by atoms with Crippen molar-refractivity contribution in [2.45, 2.75) is 31.4 Å². The van der Waals surface area contributed by atoms with Gasteiger partial charge in [-0.2, -0.15) is 0 Å². The Hall–Kier alpha value is -3.02. The van der Waals surface area contributed by atoms with Crippen molar-refractivity contribution in [2.75, 3.05) is 6.54 Å². The highest BCUT2D eigenvalue weighted by atomic mass is 19.1. The van der Waals surface area contributed by atoms with Crippen molar-refractivity contribution < 1.29 is 9.50 Å². The molecule has 1 aromatic heterocycles. The molecule has 0 saturated carbocycles. The highest BCUT2D eigenvalue weighted by Gasteiger charge is 2.27. The zero-order valence-corrected chi connectivity index (χ0v) is 18.0. The van der Waals surface area contributed by atoms with Gasteiger partial charge in [0.05, 0.1) is 5.60 Å². The van der Waals surface area contributed by atoms with Crippen LogP contribution in [0.3, 0.4) is 0 Å². The Balaban J connectivity index is 1.65. The van der Waals surface area contributed by atoms with E-state index in [1.807, 2.05) is 36.4 Å². The fraction of sp³-hybridized carbons (Fsp3) is 0.269. The van der Waals surface area contributed by atoms with E-state index in [0.717, 1.165) is 11.1 Å². The number of rotatable bonds is 9. The normalized spacial score (nSPS) is 14.1. The third-order valence-electron chi connectivity index (χ3n) is 5.70. The van der Waals surface area contributed by atoms with Crippen LogP contribution in [0.15, 0.2) is 84.3 Å². The quantitative estimate of drug-likeness (QED) is 0.494. The number of aliphatic hydroxyl groups is 1. The van der Waals surface area contributed by atoms with E-state index in [1.54, 1.807) is 36.0 Å². The van der Waals surface area contributed by atoms with Crippen LogP contribution in [-0.4, -0.2) is 16.2 Å². The number of hydrogen-bond acceptors (Lipinski definition) is 3. The van der Waals surface area contributed by atoms with Gasteiger partial charge in [0.25, 0.3) is 5.56 Å². The zero-order chi connectivity index (χ0) is 22.4. The molecule has 0 saturated heterocycles. The van der Waals surface area contributed by atoms with E-state index in [-0.39, 0.29) is 17.4 Å². The Labute approximate surface area is 182 Å². The van der Waals surface area contributed by atoms with Gasteiger partial charge in [-0.15, -0.1) is 6.58 Å². The van der Waals surface area contributed by atoms with E-state index >= 15 is 0 Å². The largest absolute Gasteiger partial charge is 0.385 e. The highest BCUT2D eigenvalue weighted by Crippen LogP contribution is 2.29. The van der Waals surface area contributed by atoms with Gasteiger partial charge in [0, 0.05) is 24.8 Å². The Morgan fingerprint density at radius 2 is 1.84 bits per heavy atom. The molecule has 0 aliphatic carbocycles. The van der Waals surface area contributed by atoms with E-state index < -0.39 is 5.60 Å². The molecule has 0 bridgehead atoms. The van der Waals surface area contributed by atoms with Crippen molar-refractivity contribution in [2.24, 2.45) is 7.05 Å². The number of hydrogen-bond donors (Lipinski definition) is 2. The summed E-state index contributed by atoms with van der Waals surface area (Å²) in [5.41, 5.74) is 2.20. The lowest BCUT2D eigenvalue weighted by Gasteiger charge is -2.28. The predicted molar refractivity (Wildman–Crippen MR) is 123 cm³/mol. The van der Waals surface area contributed by atoms with Crippen LogP contribution in [-0.2, 0) is 12.6 Å². The van der Waals surface area contributed by atoms with Crippen LogP contribution in [0.1, 0.15) is 36.9 Å². The van der Waals surface area contributed by atoms with Gasteiger partial charge in [-0.25, -0.2) is 4.39 Å². The maximum atomic E-state index is 13.3. The SMILES string of the molecule is C=CC[C@@](O)(CCN[C@@H](C)c1ccc(-c2cccn(C)c2=O)cc1)c1ccc(F)cc1. The smallest absolute Gasteiger partial charge is 0.258 e. The van der Waals surface area contributed by atoms with E-state index in [4.69, 9.17) is 0 Å². The minimum Gasteiger partial charge on any atom is -0.385 e. The Morgan fingerprint density at radius 1 is 1.16 bits per heavy atom. The lowest BCUT2D eigenvalue weighted by Crippen LogP contribution is -2.31. The molecule has 2 atom stereocenters. The van der Waals surface area contributed by atoms with Crippen LogP contribution in [0.2, 0.25) is 0 Å². The molecular weight excluding hydrogens is 391 g/mol. The van der Waals surface area contributed by atoms with Crippen molar-refractivity contribution >= 4 is 0 Å². The van der Waals surface area contributed by atoms with Crippen LogP contribution in [0, 0.1) is 5.82 Å². The number of nitrogens with one attached hydrogen (secondary N) is 1. The summed E-state index contributed by atoms with van der Waals surface area (Å²) < 4.78 is 14.8. The lowest BCUT2D eigenvalue weighted by atomic mass is 9.87. The average Bonchev–Trinajstić information content (AvgIpc) is 2.76. The molecule has 2 N–H and O–H groups in total. The molecule has 31 heavy (non-hydrogen) atoms. The van der Waals surface area contributed by atoms with Crippen LogP contribution >= 0.6 is 0 Å². The summed E-state index contributed by atoms with van der Waals surface area (Å²) in [6, 6.07) is 17.6. The van der Waals surface area contributed by atoms with E-state index in [0.29, 0.717) is 30.5 Å². The molecule has 3 rings (SSSR count). The Bertz CT molecular complexity index is 1070. The second-order valence-electron chi connectivity index (χ2n) is 7.92. The Morgan fingerprint density at radius 3 is 2.48 bits per heavy atom. The van der Waals surface area contributed by atoms with E-state index in [9.17, 15) is 14.3 Å². The van der Waals surface area contributed by atoms with Crippen LogP contribution in [0.5, 0.6) is 0 Å². The third-order valence-corrected chi connectivity index (χ3v) is 5.70. The molecule has 3 aromatic rings. The minimum atomic E-state index is -1.10. The molecule has 162 valence electrons. The lowest BCUT2D eigenvalue weighted by molar-refractivity contribution is 0.0302. The summed E-state index contributed by atoms with van der Waals surface area (Å²) in [5.74, 6) is -0.326. The first-order chi connectivity index (χ1) is 14.8. The summed E-state index contributed by atoms with van der Waals surface area (Å²) in [6.07, 6.45) is 4.27. The maximum Gasteiger partial charge on any atom is 0.258 e. The molecule has 5 heteroatoms. The molecular formula is C26H29FN2O2. The van der Waals surface area contributed by atoms with Crippen LogP contribution in [0.4, 0.5) is 4.39 Å². The van der Waals surface area contributed by atoms with E-state index in [1.165, 1.54) is 12.1 Å². The van der Waals surface area contributed by atoms with Gasteiger partial charge in [-0.3, -0.25) is 4.79 Å². The van der Waals surface area contributed by atoms with Gasteiger partial charge in [0.15, 0.2) is 0 Å². The molecule has 0 aliphatic rings. The summed E-state index contributed by atoms with van der Waals surface area (Å²) in [6.45, 7) is 6.38. The third kappa shape index (κ3) is 5.37. The van der Waals surface area contributed by atoms with Crippen molar-refractivity contribution in [3.63, 3.8) is 0 Å². The second-order valence-corrected chi connectivity index (χ2v) is 7.92. The van der Waals surface area contributed by atoms with Gasteiger partial charge in [0.1, 0.15) is 5.82 Å². The molecule has 0 aliphatic heterocycles. The van der Waals surface area contributed by atoms with Crippen molar-refractivity contribution in [1.82, 2.24) is 9.88 Å². The van der Waals surface area contributed by atoms with Crippen molar-refractivity contribution in [3.05, 3.63) is 107 Å². The first kappa shape index (κ1) is 22.7. The first-order valence-electron chi connectivity index (χ1n) is 10.4. The van der Waals surface area contributed by atoms with Gasteiger partial charge in [0.2, 0.25) is 0 Å². The van der Waals surface area contributed by atoms with Gasteiger partial charge in [-0.05, 0) is 67.3 Å². The number of benzene rings is 2. The number of aromatic nitrogens is 1. The molecule has 2 aromatic carbocycles. The highest BCUT2D eigenvalue weighted by molar-refractivity contribution is 5.62. The maximum absolute atomic E-state index is 13.3. The summed E-state index contributed by atoms with van der Waals surface area (Å²) in [5, 5.41) is 14.5. The number of halogens is 1. The molecule has 0 spiro atoms. The molecule has 0 amide bonds. The van der Waals surface area contributed by atoms with Crippen molar-refractivity contribution in [3.8, 4) is 11.1 Å². The minimum absolute atomic E-state index is 0.0243. The van der Waals surface area contributed by atoms with E-state index in [2.05, 4.69) is 18.8 Å². The first-order valence-corrected chi connectivity index (χ1v) is 10.4. The average molecular weight is 421 g/mol. The molecule has 0 unspecified atom stereocenters. The summed E-state index contributed by atoms with van der Waals surface area (Å²) >= 11 is 0. The van der Waals surface area contributed by atoms with Crippen LogP contribution in [0.25, 0.3) is 11.1 Å². The van der Waals surface area contributed by atoms with Crippen LogP contribution < -0.4 is 10.9 Å². The summed E-state index contributed by atoms with van der Waals surface area (Å²) in [4.78, 5) is 12.3. The Kier molecular flexibility index (Phi) is 7.21. The van der Waals surface area contributed by atoms with Gasteiger partial charge in [-0.1, -0.05) is 42.5 Å². The second kappa shape index (κ2) is 9.86. The van der Waals surface area contributed by atoms with Gasteiger partial charge < -0.3 is 15.0 Å². The van der Waals surface area contributed by atoms with Crippen molar-refractivity contribution in [1.29, 1.82) is 0 Å². The van der Waals surface area contributed by atoms with Gasteiger partial charge >= 0.3 is 0 Å². The number of aryl methyl sites for hydroxylation is 1. The predicted octanol–water partition coefficient (Wildman–Crippen LogP) is 4.70. The molecule has 0 radical (unpaired) electrons. The summed E-state index contributed by atoms with van der Waals surface area (Å²) in [7, 11) is 1.74. The molecule has 1 heterocycles. The number of pyridine rings is 1. The zero-order valence-electron chi connectivity index (χ0n) is 18.0.